The third-order valence-corrected chi connectivity index (χ3v) is 6.45. The van der Waals surface area contributed by atoms with Crippen molar-refractivity contribution in [2.45, 2.75) is 76.5 Å². The normalized spacial score (nSPS) is 29.0. The molecular weight excluding hydrogens is 365 g/mol. The Kier molecular flexibility index (Phi) is 6.84. The van der Waals surface area contributed by atoms with E-state index >= 15 is 0 Å². The maximum absolute atomic E-state index is 12.7. The van der Waals surface area contributed by atoms with Gasteiger partial charge in [0.25, 0.3) is 0 Å². The summed E-state index contributed by atoms with van der Waals surface area (Å²) in [4.78, 5) is 11.6. The number of hydrogen-bond donors (Lipinski definition) is 0. The maximum atomic E-state index is 12.7. The molecule has 2 nitrogen and oxygen atoms in total. The van der Waals surface area contributed by atoms with Crippen LogP contribution in [0.5, 0.6) is 0 Å². The van der Waals surface area contributed by atoms with Crippen LogP contribution >= 0.6 is 0 Å². The van der Waals surface area contributed by atoms with E-state index in [1.54, 1.807) is 25.1 Å². The van der Waals surface area contributed by atoms with Gasteiger partial charge in [0.2, 0.25) is 0 Å². The van der Waals surface area contributed by atoms with Gasteiger partial charge in [-0.2, -0.15) is 13.2 Å². The molecule has 1 aromatic carbocycles. The van der Waals surface area contributed by atoms with Crippen LogP contribution in [0, 0.1) is 11.8 Å². The van der Waals surface area contributed by atoms with E-state index in [1.165, 1.54) is 18.2 Å². The molecule has 0 bridgehead atoms. The number of benzene rings is 1. The van der Waals surface area contributed by atoms with E-state index in [9.17, 15) is 18.0 Å². The zero-order chi connectivity index (χ0) is 20.1. The van der Waals surface area contributed by atoms with E-state index in [2.05, 4.69) is 0 Å². The molecule has 0 aromatic heterocycles. The number of allylic oxidation sites excluding steroid dienone is 1. The van der Waals surface area contributed by atoms with Gasteiger partial charge < -0.3 is 4.74 Å². The van der Waals surface area contributed by atoms with Crippen molar-refractivity contribution in [2.24, 2.45) is 11.8 Å². The smallest absolute Gasteiger partial charge is 0.416 e. The summed E-state index contributed by atoms with van der Waals surface area (Å²) in [6, 6.07) is 5.71. The lowest BCUT2D eigenvalue weighted by molar-refractivity contribution is -0.145. The molecule has 1 aromatic rings. The Labute approximate surface area is 165 Å². The van der Waals surface area contributed by atoms with Gasteiger partial charge in [-0.25, -0.2) is 4.79 Å². The number of ether oxygens (including phenoxy) is 1. The van der Waals surface area contributed by atoms with Gasteiger partial charge in [0, 0.05) is 6.08 Å². The van der Waals surface area contributed by atoms with Crippen molar-refractivity contribution in [2.75, 3.05) is 0 Å². The standard InChI is InChI=1S/C23H29F3O2/c1-2-3-22(27)28-21-14-10-19(11-15-21)17-6-4-16(5-7-17)18-8-12-20(13-9-18)23(24,25)26/h2-3,8-9,12-13,16-17,19,21H,4-7,10-11,14-15H2,1H3/b3-2+. The summed E-state index contributed by atoms with van der Waals surface area (Å²) in [6.45, 7) is 1.80. The van der Waals surface area contributed by atoms with Crippen LogP contribution in [0.15, 0.2) is 36.4 Å². The fourth-order valence-corrected chi connectivity index (χ4v) is 4.89. The molecule has 0 saturated heterocycles. The molecule has 0 radical (unpaired) electrons. The number of carbonyl (C=O) groups excluding carboxylic acids is 1. The van der Waals surface area contributed by atoms with E-state index in [4.69, 9.17) is 4.74 Å². The number of esters is 1. The molecule has 0 spiro atoms. The minimum atomic E-state index is -4.27. The summed E-state index contributed by atoms with van der Waals surface area (Å²) in [7, 11) is 0. The molecule has 3 rings (SSSR count). The molecule has 2 saturated carbocycles. The molecule has 0 atom stereocenters. The number of halogens is 3. The number of rotatable bonds is 4. The highest BCUT2D eigenvalue weighted by molar-refractivity contribution is 5.81. The van der Waals surface area contributed by atoms with Crippen LogP contribution in [0.3, 0.4) is 0 Å². The summed E-state index contributed by atoms with van der Waals surface area (Å²) in [5.74, 6) is 1.50. The zero-order valence-corrected chi connectivity index (χ0v) is 16.4. The molecule has 28 heavy (non-hydrogen) atoms. The second-order valence-corrected chi connectivity index (χ2v) is 8.21. The number of hydrogen-bond acceptors (Lipinski definition) is 2. The van der Waals surface area contributed by atoms with E-state index in [1.807, 2.05) is 0 Å². The second kappa shape index (κ2) is 9.15. The second-order valence-electron chi connectivity index (χ2n) is 8.21. The minimum absolute atomic E-state index is 0.0448. The Morgan fingerprint density at radius 1 is 0.929 bits per heavy atom. The lowest BCUT2D eigenvalue weighted by Gasteiger charge is -2.37. The lowest BCUT2D eigenvalue weighted by atomic mass is 9.69. The molecule has 154 valence electrons. The van der Waals surface area contributed by atoms with E-state index < -0.39 is 11.7 Å². The van der Waals surface area contributed by atoms with Crippen molar-refractivity contribution >= 4 is 5.97 Å². The van der Waals surface area contributed by atoms with Gasteiger partial charge in [0.1, 0.15) is 6.10 Å². The van der Waals surface area contributed by atoms with Crippen LogP contribution in [0.4, 0.5) is 13.2 Å². The van der Waals surface area contributed by atoms with Gasteiger partial charge in [0.05, 0.1) is 5.56 Å². The predicted molar refractivity (Wildman–Crippen MR) is 103 cm³/mol. The van der Waals surface area contributed by atoms with Crippen molar-refractivity contribution in [3.8, 4) is 0 Å². The number of carbonyl (C=O) groups is 1. The molecule has 0 unspecified atom stereocenters. The molecule has 0 aliphatic heterocycles. The summed E-state index contributed by atoms with van der Waals surface area (Å²) in [6.07, 6.45) is 7.39. The third-order valence-electron chi connectivity index (χ3n) is 6.45. The first-order valence-electron chi connectivity index (χ1n) is 10.4. The van der Waals surface area contributed by atoms with Gasteiger partial charge in [-0.15, -0.1) is 0 Å². The van der Waals surface area contributed by atoms with Crippen molar-refractivity contribution in [1.82, 2.24) is 0 Å². The Hall–Kier alpha value is -1.78. The lowest BCUT2D eigenvalue weighted by Crippen LogP contribution is -2.29. The van der Waals surface area contributed by atoms with E-state index in [0.717, 1.165) is 56.9 Å². The molecule has 2 aliphatic carbocycles. The van der Waals surface area contributed by atoms with Gasteiger partial charge in [-0.3, -0.25) is 0 Å². The van der Waals surface area contributed by atoms with E-state index in [0.29, 0.717) is 17.8 Å². The molecule has 0 heterocycles. The average Bonchev–Trinajstić information content (AvgIpc) is 2.68. The predicted octanol–water partition coefficient (Wildman–Crippen LogP) is 6.66. The quantitative estimate of drug-likeness (QED) is 0.422. The first-order chi connectivity index (χ1) is 13.4. The van der Waals surface area contributed by atoms with Crippen LogP contribution in [0.25, 0.3) is 0 Å². The largest absolute Gasteiger partial charge is 0.459 e. The van der Waals surface area contributed by atoms with Gasteiger partial charge in [-0.1, -0.05) is 18.2 Å². The Balaban J connectivity index is 1.45. The monoisotopic (exact) mass is 394 g/mol. The highest BCUT2D eigenvalue weighted by atomic mass is 19.4. The summed E-state index contributed by atoms with van der Waals surface area (Å²) in [5.41, 5.74) is 0.461. The van der Waals surface area contributed by atoms with Crippen LogP contribution < -0.4 is 0 Å². The van der Waals surface area contributed by atoms with E-state index in [-0.39, 0.29) is 12.1 Å². The van der Waals surface area contributed by atoms with Gasteiger partial charge in [0.15, 0.2) is 0 Å². The Bertz CT molecular complexity index is 662. The highest BCUT2D eigenvalue weighted by Gasteiger charge is 2.33. The van der Waals surface area contributed by atoms with Crippen LogP contribution in [0.1, 0.15) is 75.3 Å². The van der Waals surface area contributed by atoms with Crippen molar-refractivity contribution in [1.29, 1.82) is 0 Å². The highest BCUT2D eigenvalue weighted by Crippen LogP contribution is 2.43. The SMILES string of the molecule is C/C=C/C(=O)OC1CCC(C2CCC(c3ccc(C(F)(F)F)cc3)CC2)CC1. The van der Waals surface area contributed by atoms with Crippen molar-refractivity contribution in [3.05, 3.63) is 47.5 Å². The van der Waals surface area contributed by atoms with Crippen molar-refractivity contribution < 1.29 is 22.7 Å². The van der Waals surface area contributed by atoms with Crippen molar-refractivity contribution in [3.63, 3.8) is 0 Å². The van der Waals surface area contributed by atoms with Gasteiger partial charge in [-0.05, 0) is 93.7 Å². The Morgan fingerprint density at radius 3 is 1.96 bits per heavy atom. The van der Waals surface area contributed by atoms with Crippen LogP contribution in [-0.4, -0.2) is 12.1 Å². The zero-order valence-electron chi connectivity index (χ0n) is 16.4. The third kappa shape index (κ3) is 5.39. The summed E-state index contributed by atoms with van der Waals surface area (Å²) >= 11 is 0. The topological polar surface area (TPSA) is 26.3 Å². The molecule has 0 amide bonds. The molecule has 2 aliphatic rings. The van der Waals surface area contributed by atoms with Gasteiger partial charge >= 0.3 is 12.1 Å². The maximum Gasteiger partial charge on any atom is 0.416 e. The Morgan fingerprint density at radius 2 is 1.46 bits per heavy atom. The summed E-state index contributed by atoms with van der Waals surface area (Å²) < 4.78 is 43.6. The average molecular weight is 394 g/mol. The molecule has 2 fully saturated rings. The number of alkyl halides is 3. The minimum Gasteiger partial charge on any atom is -0.459 e. The van der Waals surface area contributed by atoms with Crippen LogP contribution in [-0.2, 0) is 15.7 Å². The molecular formula is C23H29F3O2. The van der Waals surface area contributed by atoms with Crippen LogP contribution in [0.2, 0.25) is 0 Å². The first-order valence-corrected chi connectivity index (χ1v) is 10.4. The fraction of sp³-hybridized carbons (Fsp3) is 0.609. The first kappa shape index (κ1) is 20.9. The summed E-state index contributed by atoms with van der Waals surface area (Å²) in [5, 5.41) is 0. The molecule has 5 heteroatoms. The molecule has 0 N–H and O–H groups in total. The fourth-order valence-electron chi connectivity index (χ4n) is 4.89.